The molecule has 0 radical (unpaired) electrons. The number of halogens is 3. The lowest BCUT2D eigenvalue weighted by atomic mass is 10.1. The molecule has 0 fully saturated rings. The van der Waals surface area contributed by atoms with Gasteiger partial charge in [0.05, 0.1) is 33.8 Å². The second kappa shape index (κ2) is 12.5. The molecule has 39 heavy (non-hydrogen) atoms. The molecule has 2 amide bonds. The quantitative estimate of drug-likeness (QED) is 0.225. The fraction of sp³-hybridized carbons (Fsp3) is 0.233. The number of benzene rings is 3. The monoisotopic (exact) mass is 568 g/mol. The number of nitrogens with zero attached hydrogens (tertiary/aromatic N) is 2. The molecule has 0 aliphatic heterocycles. The van der Waals surface area contributed by atoms with Crippen molar-refractivity contribution in [1.29, 1.82) is 0 Å². The van der Waals surface area contributed by atoms with Crippen molar-refractivity contribution >= 4 is 46.0 Å². The second-order valence-corrected chi connectivity index (χ2v) is 10.1. The van der Waals surface area contributed by atoms with E-state index in [1.807, 2.05) is 13.8 Å². The normalized spacial score (nSPS) is 11.8. The van der Waals surface area contributed by atoms with Gasteiger partial charge in [-0.15, -0.1) is 0 Å². The van der Waals surface area contributed by atoms with Crippen molar-refractivity contribution in [2.24, 2.45) is 0 Å². The van der Waals surface area contributed by atoms with E-state index in [0.29, 0.717) is 33.5 Å². The van der Waals surface area contributed by atoms with E-state index in [1.165, 1.54) is 40.3 Å². The summed E-state index contributed by atoms with van der Waals surface area (Å²) >= 11 is 12.2. The Morgan fingerprint density at radius 3 is 2.38 bits per heavy atom. The molecule has 0 N–H and O–H groups in total. The second-order valence-electron chi connectivity index (χ2n) is 9.28. The van der Waals surface area contributed by atoms with Gasteiger partial charge < -0.3 is 14.2 Å². The standard InChI is InChI=1S/C30H27Cl2FN2O4/c1-3-19(2)35(30(38)21-10-13-25(31)26(32)14-21)17-28(36)34(15-20-8-11-23(33)12-9-20)16-22-18-39-27-7-5-4-6-24(27)29(22)37/h4-14,18-19H,3,15-17H2,1-2H3. The average molecular weight is 569 g/mol. The summed E-state index contributed by atoms with van der Waals surface area (Å²) in [5.74, 6) is -1.16. The van der Waals surface area contributed by atoms with E-state index >= 15 is 0 Å². The number of hydrogen-bond donors (Lipinski definition) is 0. The van der Waals surface area contributed by atoms with E-state index in [0.717, 1.165) is 0 Å². The zero-order chi connectivity index (χ0) is 28.1. The molecule has 0 aliphatic rings. The van der Waals surface area contributed by atoms with Gasteiger partial charge in [0.15, 0.2) is 5.43 Å². The van der Waals surface area contributed by atoms with Crippen LogP contribution >= 0.6 is 23.2 Å². The molecule has 4 rings (SSSR count). The predicted molar refractivity (Wildman–Crippen MR) is 150 cm³/mol. The summed E-state index contributed by atoms with van der Waals surface area (Å²) in [5.41, 5.74) is 1.45. The Hall–Kier alpha value is -3.68. The maximum atomic E-state index is 13.8. The first kappa shape index (κ1) is 28.3. The van der Waals surface area contributed by atoms with Crippen LogP contribution in [0.5, 0.6) is 0 Å². The fourth-order valence-electron chi connectivity index (χ4n) is 4.16. The summed E-state index contributed by atoms with van der Waals surface area (Å²) in [7, 11) is 0. The lowest BCUT2D eigenvalue weighted by Gasteiger charge is -2.31. The molecule has 1 heterocycles. The van der Waals surface area contributed by atoms with Gasteiger partial charge in [0.2, 0.25) is 5.91 Å². The van der Waals surface area contributed by atoms with Gasteiger partial charge in [-0.2, -0.15) is 0 Å². The number of rotatable bonds is 9. The molecule has 0 saturated heterocycles. The Bertz CT molecular complexity index is 1560. The smallest absolute Gasteiger partial charge is 0.254 e. The molecule has 1 unspecified atom stereocenters. The van der Waals surface area contributed by atoms with Crippen LogP contribution in [0.25, 0.3) is 11.0 Å². The van der Waals surface area contributed by atoms with Gasteiger partial charge in [-0.3, -0.25) is 14.4 Å². The average Bonchev–Trinajstić information content (AvgIpc) is 2.94. The lowest BCUT2D eigenvalue weighted by Crippen LogP contribution is -2.46. The first-order valence-corrected chi connectivity index (χ1v) is 13.2. The van der Waals surface area contributed by atoms with Gasteiger partial charge in [0.25, 0.3) is 5.91 Å². The Kier molecular flexibility index (Phi) is 9.04. The highest BCUT2D eigenvalue weighted by molar-refractivity contribution is 6.42. The Morgan fingerprint density at radius 1 is 0.974 bits per heavy atom. The van der Waals surface area contributed by atoms with E-state index in [9.17, 15) is 18.8 Å². The van der Waals surface area contributed by atoms with Crippen LogP contribution in [0.15, 0.2) is 82.2 Å². The minimum Gasteiger partial charge on any atom is -0.464 e. The third kappa shape index (κ3) is 6.67. The van der Waals surface area contributed by atoms with Crippen LogP contribution in [0.3, 0.4) is 0 Å². The highest BCUT2D eigenvalue weighted by Crippen LogP contribution is 2.24. The SMILES string of the molecule is CCC(C)N(CC(=O)N(Cc1ccc(F)cc1)Cc1coc2ccccc2c1=O)C(=O)c1ccc(Cl)c(Cl)c1. The number of amides is 2. The lowest BCUT2D eigenvalue weighted by molar-refractivity contribution is -0.133. The third-order valence-corrected chi connectivity index (χ3v) is 7.35. The minimum atomic E-state index is -0.401. The van der Waals surface area contributed by atoms with Crippen molar-refractivity contribution in [3.05, 3.63) is 116 Å². The van der Waals surface area contributed by atoms with E-state index in [-0.39, 0.29) is 53.5 Å². The van der Waals surface area contributed by atoms with E-state index in [1.54, 1.807) is 42.5 Å². The molecule has 9 heteroatoms. The molecule has 6 nitrogen and oxygen atoms in total. The van der Waals surface area contributed by atoms with Crippen molar-refractivity contribution in [3.63, 3.8) is 0 Å². The van der Waals surface area contributed by atoms with Crippen molar-refractivity contribution in [2.75, 3.05) is 6.54 Å². The number of carbonyl (C=O) groups is 2. The van der Waals surface area contributed by atoms with Crippen molar-refractivity contribution < 1.29 is 18.4 Å². The first-order valence-electron chi connectivity index (χ1n) is 12.5. The zero-order valence-electron chi connectivity index (χ0n) is 21.5. The van der Waals surface area contributed by atoms with Crippen LogP contribution in [-0.4, -0.2) is 34.2 Å². The van der Waals surface area contributed by atoms with E-state index < -0.39 is 5.82 Å². The van der Waals surface area contributed by atoms with Gasteiger partial charge in [-0.25, -0.2) is 4.39 Å². The fourth-order valence-corrected chi connectivity index (χ4v) is 4.46. The molecule has 202 valence electrons. The Morgan fingerprint density at radius 2 is 1.69 bits per heavy atom. The summed E-state index contributed by atoms with van der Waals surface area (Å²) in [6.07, 6.45) is 1.95. The Balaban J connectivity index is 1.66. The summed E-state index contributed by atoms with van der Waals surface area (Å²) in [6, 6.07) is 16.9. The molecule has 1 atom stereocenters. The molecule has 0 aliphatic carbocycles. The Labute approximate surface area is 235 Å². The van der Waals surface area contributed by atoms with E-state index in [4.69, 9.17) is 27.6 Å². The van der Waals surface area contributed by atoms with Gasteiger partial charge in [0, 0.05) is 18.2 Å². The minimum absolute atomic E-state index is 0.0569. The van der Waals surface area contributed by atoms with Crippen LogP contribution in [0.2, 0.25) is 10.0 Å². The molecular weight excluding hydrogens is 542 g/mol. The van der Waals surface area contributed by atoms with Crippen LogP contribution in [0.4, 0.5) is 4.39 Å². The van der Waals surface area contributed by atoms with E-state index in [2.05, 4.69) is 0 Å². The predicted octanol–water partition coefficient (Wildman–Crippen LogP) is 6.71. The highest BCUT2D eigenvalue weighted by atomic mass is 35.5. The van der Waals surface area contributed by atoms with Crippen molar-refractivity contribution in [3.8, 4) is 0 Å². The molecule has 1 aromatic heterocycles. The van der Waals surface area contributed by atoms with Crippen molar-refractivity contribution in [2.45, 2.75) is 39.4 Å². The summed E-state index contributed by atoms with van der Waals surface area (Å²) in [5, 5.41) is 0.957. The van der Waals surface area contributed by atoms with Crippen LogP contribution in [0.1, 0.15) is 41.8 Å². The third-order valence-electron chi connectivity index (χ3n) is 6.61. The van der Waals surface area contributed by atoms with Crippen molar-refractivity contribution in [1.82, 2.24) is 9.80 Å². The number of fused-ring (bicyclic) bond motifs is 1. The number of para-hydroxylation sites is 1. The van der Waals surface area contributed by atoms with Crippen LogP contribution < -0.4 is 5.43 Å². The topological polar surface area (TPSA) is 70.8 Å². The molecule has 4 aromatic rings. The number of carbonyl (C=O) groups excluding carboxylic acids is 2. The van der Waals surface area contributed by atoms with Gasteiger partial charge in [-0.1, -0.05) is 54.4 Å². The van der Waals surface area contributed by atoms with Gasteiger partial charge >= 0.3 is 0 Å². The maximum absolute atomic E-state index is 13.8. The highest BCUT2D eigenvalue weighted by Gasteiger charge is 2.27. The van der Waals surface area contributed by atoms with Crippen LogP contribution in [-0.2, 0) is 17.9 Å². The summed E-state index contributed by atoms with van der Waals surface area (Å²) < 4.78 is 19.2. The zero-order valence-corrected chi connectivity index (χ0v) is 23.0. The molecule has 3 aromatic carbocycles. The molecule has 0 saturated carbocycles. The summed E-state index contributed by atoms with van der Waals surface area (Å²) in [6.45, 7) is 3.57. The molecular formula is C30H27Cl2FN2O4. The van der Waals surface area contributed by atoms with Gasteiger partial charge in [0.1, 0.15) is 17.9 Å². The van der Waals surface area contributed by atoms with Gasteiger partial charge in [-0.05, 0) is 61.4 Å². The first-order chi connectivity index (χ1) is 18.7. The summed E-state index contributed by atoms with van der Waals surface area (Å²) in [4.78, 5) is 43.3. The maximum Gasteiger partial charge on any atom is 0.254 e. The largest absolute Gasteiger partial charge is 0.464 e. The number of hydrogen-bond acceptors (Lipinski definition) is 4. The van der Waals surface area contributed by atoms with Crippen LogP contribution in [0, 0.1) is 5.82 Å². The molecule has 0 bridgehead atoms. The molecule has 0 spiro atoms.